The number of carbonyl (C=O) groups is 1. The molecule has 6 rings (SSSR count). The van der Waals surface area contributed by atoms with E-state index in [2.05, 4.69) is 25.6 Å². The second kappa shape index (κ2) is 8.30. The van der Waals surface area contributed by atoms with Gasteiger partial charge in [0.25, 0.3) is 5.91 Å². The smallest absolute Gasteiger partial charge is 0.262 e. The van der Waals surface area contributed by atoms with Gasteiger partial charge in [-0.3, -0.25) is 14.3 Å². The maximum atomic E-state index is 13.3. The van der Waals surface area contributed by atoms with Crippen LogP contribution in [0.1, 0.15) is 66.8 Å². The highest BCUT2D eigenvalue weighted by molar-refractivity contribution is 6.03. The Balaban J connectivity index is 1.34. The topological polar surface area (TPSA) is 113 Å². The summed E-state index contributed by atoms with van der Waals surface area (Å²) in [5.41, 5.74) is 3.03. The SMILES string of the molecule is CC(C)n1cnnc1-c1cccc(NC(=O)c2cn(-c3cnn(C4CC4)c3)c3c(c2=O)CCC3)n1. The Morgan fingerprint density at radius 2 is 2.03 bits per heavy atom. The number of hydrogen-bond donors (Lipinski definition) is 1. The van der Waals surface area contributed by atoms with Gasteiger partial charge in [-0.1, -0.05) is 6.07 Å². The van der Waals surface area contributed by atoms with Crippen LogP contribution >= 0.6 is 0 Å². The Kier molecular flexibility index (Phi) is 5.09. The van der Waals surface area contributed by atoms with Gasteiger partial charge in [0.2, 0.25) is 0 Å². The number of fused-ring (bicyclic) bond motifs is 1. The average Bonchev–Trinajstić information content (AvgIpc) is 3.25. The first-order chi connectivity index (χ1) is 17.0. The van der Waals surface area contributed by atoms with Crippen LogP contribution in [0.15, 0.2) is 47.9 Å². The van der Waals surface area contributed by atoms with Gasteiger partial charge in [0, 0.05) is 29.7 Å². The second-order valence-electron chi connectivity index (χ2n) is 9.45. The number of aromatic nitrogens is 7. The fraction of sp³-hybridized carbons (Fsp3) is 0.360. The largest absolute Gasteiger partial charge is 0.317 e. The van der Waals surface area contributed by atoms with Gasteiger partial charge in [-0.2, -0.15) is 5.10 Å². The van der Waals surface area contributed by atoms with E-state index in [1.165, 1.54) is 0 Å². The van der Waals surface area contributed by atoms with Crippen LogP contribution in [-0.4, -0.2) is 40.0 Å². The summed E-state index contributed by atoms with van der Waals surface area (Å²) in [6, 6.07) is 5.93. The second-order valence-corrected chi connectivity index (χ2v) is 9.45. The van der Waals surface area contributed by atoms with Crippen molar-refractivity contribution in [2.45, 2.75) is 58.0 Å². The van der Waals surface area contributed by atoms with E-state index in [0.29, 0.717) is 35.4 Å². The molecule has 2 aliphatic rings. The Labute approximate surface area is 201 Å². The summed E-state index contributed by atoms with van der Waals surface area (Å²) in [5, 5.41) is 15.5. The van der Waals surface area contributed by atoms with Crippen molar-refractivity contribution in [3.63, 3.8) is 0 Å². The van der Waals surface area contributed by atoms with Gasteiger partial charge in [0.1, 0.15) is 23.4 Å². The van der Waals surface area contributed by atoms with Crippen molar-refractivity contribution in [1.82, 2.24) is 34.1 Å². The third kappa shape index (κ3) is 3.84. The molecule has 0 aliphatic heterocycles. The van der Waals surface area contributed by atoms with Gasteiger partial charge in [-0.05, 0) is 58.1 Å². The number of hydrogen-bond acceptors (Lipinski definition) is 6. The van der Waals surface area contributed by atoms with E-state index in [9.17, 15) is 9.59 Å². The minimum absolute atomic E-state index is 0.0994. The maximum Gasteiger partial charge on any atom is 0.262 e. The van der Waals surface area contributed by atoms with Crippen LogP contribution in [0.2, 0.25) is 0 Å². The van der Waals surface area contributed by atoms with Crippen molar-refractivity contribution in [2.75, 3.05) is 5.32 Å². The zero-order valence-electron chi connectivity index (χ0n) is 19.7. The van der Waals surface area contributed by atoms with Crippen molar-refractivity contribution in [3.05, 3.63) is 70.2 Å². The van der Waals surface area contributed by atoms with Crippen molar-refractivity contribution in [3.8, 4) is 17.2 Å². The first-order valence-electron chi connectivity index (χ1n) is 12.0. The summed E-state index contributed by atoms with van der Waals surface area (Å²) in [6.07, 6.45) is 11.8. The standard InChI is InChI=1S/C25H26N8O2/c1-15(2)32-14-26-30-24(32)20-6-4-8-22(28-20)29-25(35)19-13-31(21-7-3-5-18(21)23(19)34)17-11-27-33(12-17)16-9-10-16/h4,6,8,11-16H,3,5,7,9-10H2,1-2H3,(H,28,29,35). The fourth-order valence-electron chi connectivity index (χ4n) is 4.67. The molecule has 10 nitrogen and oxygen atoms in total. The maximum absolute atomic E-state index is 13.3. The van der Waals surface area contributed by atoms with Gasteiger partial charge in [-0.15, -0.1) is 10.2 Å². The van der Waals surface area contributed by atoms with Crippen LogP contribution < -0.4 is 10.7 Å². The van der Waals surface area contributed by atoms with Crippen LogP contribution in [0.25, 0.3) is 17.2 Å². The van der Waals surface area contributed by atoms with Crippen LogP contribution in [0.4, 0.5) is 5.82 Å². The highest BCUT2D eigenvalue weighted by Gasteiger charge is 2.27. The molecule has 35 heavy (non-hydrogen) atoms. The predicted molar refractivity (Wildman–Crippen MR) is 130 cm³/mol. The van der Waals surface area contributed by atoms with Gasteiger partial charge in [0.15, 0.2) is 11.3 Å². The summed E-state index contributed by atoms with van der Waals surface area (Å²) in [6.45, 7) is 4.07. The van der Waals surface area contributed by atoms with Crippen molar-refractivity contribution < 1.29 is 4.79 Å². The molecule has 178 valence electrons. The lowest BCUT2D eigenvalue weighted by Crippen LogP contribution is -2.26. The van der Waals surface area contributed by atoms with Crippen molar-refractivity contribution >= 4 is 11.7 Å². The van der Waals surface area contributed by atoms with Gasteiger partial charge in [-0.25, -0.2) is 4.98 Å². The highest BCUT2D eigenvalue weighted by atomic mass is 16.2. The monoisotopic (exact) mass is 470 g/mol. The van der Waals surface area contributed by atoms with E-state index in [4.69, 9.17) is 0 Å². The lowest BCUT2D eigenvalue weighted by molar-refractivity contribution is 0.102. The first-order valence-corrected chi connectivity index (χ1v) is 12.0. The fourth-order valence-corrected chi connectivity index (χ4v) is 4.67. The van der Waals surface area contributed by atoms with Crippen molar-refractivity contribution in [2.24, 2.45) is 0 Å². The summed E-state index contributed by atoms with van der Waals surface area (Å²) in [4.78, 5) is 31.1. The highest BCUT2D eigenvalue weighted by Crippen LogP contribution is 2.34. The van der Waals surface area contributed by atoms with Crippen LogP contribution in [0.3, 0.4) is 0 Å². The van der Waals surface area contributed by atoms with Gasteiger partial charge in [0.05, 0.1) is 17.9 Å². The molecule has 0 saturated heterocycles. The Morgan fingerprint density at radius 1 is 1.17 bits per heavy atom. The molecule has 4 heterocycles. The number of pyridine rings is 2. The number of carbonyl (C=O) groups excluding carboxylic acids is 1. The molecule has 4 aromatic rings. The van der Waals surface area contributed by atoms with Crippen LogP contribution in [0, 0.1) is 0 Å². The summed E-state index contributed by atoms with van der Waals surface area (Å²) < 4.78 is 5.84. The van der Waals surface area contributed by atoms with E-state index in [1.54, 1.807) is 30.9 Å². The van der Waals surface area contributed by atoms with Crippen molar-refractivity contribution in [1.29, 1.82) is 0 Å². The molecule has 0 radical (unpaired) electrons. The molecule has 4 aromatic heterocycles. The van der Waals surface area contributed by atoms with E-state index in [-0.39, 0.29) is 17.0 Å². The molecule has 1 saturated carbocycles. The Morgan fingerprint density at radius 3 is 2.83 bits per heavy atom. The van der Waals surface area contributed by atoms with E-state index in [1.807, 2.05) is 39.9 Å². The Bertz CT molecular complexity index is 1490. The van der Waals surface area contributed by atoms with Crippen LogP contribution in [0.5, 0.6) is 0 Å². The molecule has 0 unspecified atom stereocenters. The lowest BCUT2D eigenvalue weighted by Gasteiger charge is -2.14. The summed E-state index contributed by atoms with van der Waals surface area (Å²) in [5.74, 6) is 0.477. The first kappa shape index (κ1) is 21.5. The molecular formula is C25H26N8O2. The van der Waals surface area contributed by atoms with Gasteiger partial charge < -0.3 is 14.5 Å². The molecule has 0 aromatic carbocycles. The molecule has 1 amide bonds. The van der Waals surface area contributed by atoms with Gasteiger partial charge >= 0.3 is 0 Å². The molecule has 1 N–H and O–H groups in total. The molecule has 1 fully saturated rings. The quantitative estimate of drug-likeness (QED) is 0.462. The predicted octanol–water partition coefficient (Wildman–Crippen LogP) is 3.34. The molecular weight excluding hydrogens is 444 g/mol. The van der Waals surface area contributed by atoms with Crippen LogP contribution in [-0.2, 0) is 12.8 Å². The minimum Gasteiger partial charge on any atom is -0.317 e. The third-order valence-electron chi connectivity index (χ3n) is 6.64. The number of amides is 1. The van der Waals surface area contributed by atoms with E-state index >= 15 is 0 Å². The number of nitrogens with one attached hydrogen (secondary N) is 1. The average molecular weight is 471 g/mol. The number of nitrogens with zero attached hydrogens (tertiary/aromatic N) is 7. The molecule has 0 bridgehead atoms. The zero-order valence-corrected chi connectivity index (χ0v) is 19.7. The van der Waals surface area contributed by atoms with E-state index in [0.717, 1.165) is 37.1 Å². The van der Waals surface area contributed by atoms with E-state index < -0.39 is 5.91 Å². The third-order valence-corrected chi connectivity index (χ3v) is 6.64. The zero-order chi connectivity index (χ0) is 24.1. The molecule has 2 aliphatic carbocycles. The molecule has 0 atom stereocenters. The Hall–Kier alpha value is -4.08. The number of anilines is 1. The summed E-state index contributed by atoms with van der Waals surface area (Å²) >= 11 is 0. The molecule has 0 spiro atoms. The molecule has 10 heteroatoms. The lowest BCUT2D eigenvalue weighted by atomic mass is 10.1. The minimum atomic E-state index is -0.483. The number of rotatable bonds is 6. The normalized spacial score (nSPS) is 14.9. The summed E-state index contributed by atoms with van der Waals surface area (Å²) in [7, 11) is 0.